The Labute approximate surface area is 146 Å². The molecule has 3 heterocycles. The fourth-order valence-corrected chi connectivity index (χ4v) is 3.70. The molecule has 0 unspecified atom stereocenters. The lowest BCUT2D eigenvalue weighted by atomic mass is 9.99. The van der Waals surface area contributed by atoms with E-state index in [1.54, 1.807) is 13.3 Å². The van der Waals surface area contributed by atoms with Crippen LogP contribution < -0.4 is 5.32 Å². The maximum atomic E-state index is 9.52. The summed E-state index contributed by atoms with van der Waals surface area (Å²) >= 11 is 0. The number of aliphatic hydroxyl groups is 1. The molecule has 3 aromatic rings. The Morgan fingerprint density at radius 3 is 2.76 bits per heavy atom. The molecule has 3 aromatic heterocycles. The summed E-state index contributed by atoms with van der Waals surface area (Å²) in [6.07, 6.45) is 5.35. The van der Waals surface area contributed by atoms with Gasteiger partial charge in [0.1, 0.15) is 11.8 Å². The van der Waals surface area contributed by atoms with Gasteiger partial charge >= 0.3 is 0 Å². The first-order chi connectivity index (χ1) is 12.0. The number of hydrogen-bond acceptors (Lipinski definition) is 6. The molecule has 0 saturated carbocycles. The molecule has 0 saturated heterocycles. The number of furan rings is 1. The van der Waals surface area contributed by atoms with Crippen molar-refractivity contribution in [3.63, 3.8) is 0 Å². The predicted octanol–water partition coefficient (Wildman–Crippen LogP) is 3.25. The van der Waals surface area contributed by atoms with E-state index in [9.17, 15) is 5.11 Å². The van der Waals surface area contributed by atoms with Crippen molar-refractivity contribution in [2.75, 3.05) is 11.9 Å². The average molecular weight is 340 g/mol. The zero-order chi connectivity index (χ0) is 17.6. The third kappa shape index (κ3) is 2.84. The van der Waals surface area contributed by atoms with E-state index in [1.807, 2.05) is 0 Å². The van der Waals surface area contributed by atoms with Gasteiger partial charge in [0.05, 0.1) is 11.5 Å². The van der Waals surface area contributed by atoms with Crippen molar-refractivity contribution in [2.45, 2.75) is 52.6 Å². The minimum absolute atomic E-state index is 0.410. The molecule has 25 heavy (non-hydrogen) atoms. The highest BCUT2D eigenvalue weighted by atomic mass is 16.3. The zero-order valence-corrected chi connectivity index (χ0v) is 15.0. The lowest BCUT2D eigenvalue weighted by molar-refractivity contribution is 0.208. The van der Waals surface area contributed by atoms with Crippen molar-refractivity contribution in [1.82, 2.24) is 15.0 Å². The summed E-state index contributed by atoms with van der Waals surface area (Å²) < 4.78 is 6.08. The highest BCUT2D eigenvalue weighted by molar-refractivity contribution is 6.06. The van der Waals surface area contributed by atoms with Gasteiger partial charge in [-0.05, 0) is 49.7 Å². The van der Waals surface area contributed by atoms with Crippen LogP contribution in [0, 0.1) is 5.92 Å². The fourth-order valence-electron chi connectivity index (χ4n) is 3.70. The van der Waals surface area contributed by atoms with Gasteiger partial charge in [0.2, 0.25) is 5.71 Å². The maximum Gasteiger partial charge on any atom is 0.229 e. The van der Waals surface area contributed by atoms with E-state index in [-0.39, 0.29) is 0 Å². The van der Waals surface area contributed by atoms with Crippen molar-refractivity contribution in [3.8, 4) is 0 Å². The Kier molecular flexibility index (Phi) is 4.07. The summed E-state index contributed by atoms with van der Waals surface area (Å²) in [5, 5.41) is 13.7. The van der Waals surface area contributed by atoms with E-state index in [0.717, 1.165) is 36.6 Å². The molecular weight excluding hydrogens is 316 g/mol. The minimum Gasteiger partial charge on any atom is -0.432 e. The molecule has 6 heteroatoms. The number of nitrogens with zero attached hydrogens (tertiary/aromatic N) is 3. The number of hydrogen-bond donors (Lipinski definition) is 2. The summed E-state index contributed by atoms with van der Waals surface area (Å²) in [7, 11) is 0. The Morgan fingerprint density at radius 2 is 2.00 bits per heavy atom. The van der Waals surface area contributed by atoms with E-state index in [1.165, 1.54) is 16.8 Å². The van der Waals surface area contributed by atoms with Gasteiger partial charge in [0.15, 0.2) is 11.4 Å². The van der Waals surface area contributed by atoms with Crippen molar-refractivity contribution in [3.05, 3.63) is 23.1 Å². The van der Waals surface area contributed by atoms with Gasteiger partial charge in [-0.1, -0.05) is 13.8 Å². The largest absolute Gasteiger partial charge is 0.432 e. The molecule has 0 aromatic carbocycles. The van der Waals surface area contributed by atoms with E-state index < -0.39 is 6.10 Å². The Morgan fingerprint density at radius 1 is 1.20 bits per heavy atom. The molecule has 4 rings (SSSR count). The second-order valence-electron chi connectivity index (χ2n) is 7.38. The summed E-state index contributed by atoms with van der Waals surface area (Å²) in [5.41, 5.74) is 6.01. The van der Waals surface area contributed by atoms with E-state index in [4.69, 9.17) is 9.40 Å². The van der Waals surface area contributed by atoms with Gasteiger partial charge in [-0.3, -0.25) is 0 Å². The second kappa shape index (κ2) is 6.26. The number of fused-ring (bicyclic) bond motifs is 5. The molecule has 0 radical (unpaired) electrons. The number of aromatic nitrogens is 3. The van der Waals surface area contributed by atoms with Crippen LogP contribution in [0.15, 0.2) is 10.7 Å². The van der Waals surface area contributed by atoms with Crippen LogP contribution in [0.25, 0.3) is 22.2 Å². The topological polar surface area (TPSA) is 84.1 Å². The second-order valence-corrected chi connectivity index (χ2v) is 7.38. The maximum absolute atomic E-state index is 9.52. The third-order valence-electron chi connectivity index (χ3n) is 4.72. The van der Waals surface area contributed by atoms with Gasteiger partial charge in [-0.2, -0.15) is 0 Å². The molecule has 0 amide bonds. The predicted molar refractivity (Wildman–Crippen MR) is 97.8 cm³/mol. The van der Waals surface area contributed by atoms with Crippen LogP contribution in [0.3, 0.4) is 0 Å². The highest BCUT2D eigenvalue weighted by Crippen LogP contribution is 2.38. The van der Waals surface area contributed by atoms with E-state index in [2.05, 4.69) is 29.1 Å². The summed E-state index contributed by atoms with van der Waals surface area (Å²) in [4.78, 5) is 13.6. The summed E-state index contributed by atoms with van der Waals surface area (Å²) in [6, 6.07) is 0. The van der Waals surface area contributed by atoms with Crippen LogP contribution in [-0.4, -0.2) is 32.7 Å². The van der Waals surface area contributed by atoms with Crippen LogP contribution in [0.5, 0.6) is 0 Å². The Hall–Kier alpha value is -2.21. The number of pyridine rings is 1. The average Bonchev–Trinajstić information content (AvgIpc) is 3.16. The van der Waals surface area contributed by atoms with Crippen LogP contribution in [0.2, 0.25) is 0 Å². The lowest BCUT2D eigenvalue weighted by Gasteiger charge is -2.10. The molecule has 1 atom stereocenters. The number of anilines is 1. The molecule has 0 spiro atoms. The number of rotatable bonds is 5. The summed E-state index contributed by atoms with van der Waals surface area (Å²) in [6.45, 7) is 6.58. The highest BCUT2D eigenvalue weighted by Gasteiger charge is 2.25. The molecule has 132 valence electrons. The third-order valence-corrected chi connectivity index (χ3v) is 4.72. The molecule has 2 N–H and O–H groups in total. The molecule has 6 nitrogen and oxygen atoms in total. The molecular formula is C19H24N4O2. The normalized spacial score (nSPS) is 15.2. The van der Waals surface area contributed by atoms with Crippen LogP contribution in [-0.2, 0) is 19.3 Å². The number of nitrogens with one attached hydrogen (secondary N) is 1. The minimum atomic E-state index is -0.464. The molecule has 0 fully saturated rings. The van der Waals surface area contributed by atoms with Gasteiger partial charge < -0.3 is 14.8 Å². The van der Waals surface area contributed by atoms with Crippen molar-refractivity contribution in [2.24, 2.45) is 5.92 Å². The molecule has 0 aliphatic heterocycles. The quantitative estimate of drug-likeness (QED) is 0.742. The van der Waals surface area contributed by atoms with Gasteiger partial charge in [-0.15, -0.1) is 0 Å². The summed E-state index contributed by atoms with van der Waals surface area (Å²) in [5.74, 6) is 1.17. The first-order valence-corrected chi connectivity index (χ1v) is 9.04. The number of aryl methyl sites for hydroxylation is 1. The van der Waals surface area contributed by atoms with Crippen LogP contribution >= 0.6 is 0 Å². The lowest BCUT2D eigenvalue weighted by Crippen LogP contribution is -2.16. The van der Waals surface area contributed by atoms with Crippen molar-refractivity contribution >= 4 is 28.0 Å². The standard InChI is InChI=1S/C19H24N4O2/c1-10(2)7-14-12-5-4-6-13(12)15-16-17(25-19(15)23-14)18(22-9-21-16)20-8-11(3)24/h9-11,24H,4-8H2,1-3H3,(H,20,21,22)/t11-/m0/s1. The Bertz CT molecular complexity index is 930. The van der Waals surface area contributed by atoms with Crippen LogP contribution in [0.4, 0.5) is 5.82 Å². The van der Waals surface area contributed by atoms with Gasteiger partial charge in [0, 0.05) is 12.2 Å². The van der Waals surface area contributed by atoms with Gasteiger partial charge in [0.25, 0.3) is 0 Å². The molecule has 1 aliphatic rings. The van der Waals surface area contributed by atoms with E-state index >= 15 is 0 Å². The monoisotopic (exact) mass is 340 g/mol. The van der Waals surface area contributed by atoms with Crippen molar-refractivity contribution < 1.29 is 9.52 Å². The SMILES string of the molecule is CC(C)Cc1nc2oc3c(NC[C@H](C)O)ncnc3c2c2c1CCC2. The van der Waals surface area contributed by atoms with Crippen molar-refractivity contribution in [1.29, 1.82) is 0 Å². The number of aliphatic hydroxyl groups excluding tert-OH is 1. The fraction of sp³-hybridized carbons (Fsp3) is 0.526. The van der Waals surface area contributed by atoms with Gasteiger partial charge in [-0.25, -0.2) is 15.0 Å². The first-order valence-electron chi connectivity index (χ1n) is 9.04. The Balaban J connectivity index is 1.92. The zero-order valence-electron chi connectivity index (χ0n) is 15.0. The molecule has 1 aliphatic carbocycles. The molecule has 0 bridgehead atoms. The first kappa shape index (κ1) is 16.3. The smallest absolute Gasteiger partial charge is 0.229 e. The van der Waals surface area contributed by atoms with E-state index in [0.29, 0.717) is 29.6 Å². The van der Waals surface area contributed by atoms with Crippen LogP contribution in [0.1, 0.15) is 44.0 Å².